The average Bonchev–Trinajstić information content (AvgIpc) is 2.69. The van der Waals surface area contributed by atoms with Gasteiger partial charge in [-0.15, -0.1) is 0 Å². The molecule has 3 heterocycles. The van der Waals surface area contributed by atoms with Crippen molar-refractivity contribution in [3.63, 3.8) is 0 Å². The molecule has 0 spiro atoms. The highest BCUT2D eigenvalue weighted by Gasteiger charge is 2.35. The van der Waals surface area contributed by atoms with Gasteiger partial charge in [-0.3, -0.25) is 4.90 Å². The number of hydrogen-bond acceptors (Lipinski definition) is 6. The highest BCUT2D eigenvalue weighted by Crippen LogP contribution is 2.31. The summed E-state index contributed by atoms with van der Waals surface area (Å²) in [4.78, 5) is 26.1. The first-order valence-corrected chi connectivity index (χ1v) is 10.0. The largest absolute Gasteiger partial charge is 0.479 e. The van der Waals surface area contributed by atoms with Crippen molar-refractivity contribution in [3.8, 4) is 6.01 Å². The third-order valence-corrected chi connectivity index (χ3v) is 5.86. The monoisotopic (exact) mass is 397 g/mol. The number of carboxylic acid groups (broad SMARTS) is 1. The zero-order chi connectivity index (χ0) is 20.5. The van der Waals surface area contributed by atoms with Crippen molar-refractivity contribution in [1.29, 1.82) is 0 Å². The Labute approximate surface area is 170 Å². The molecule has 1 amide bonds. The van der Waals surface area contributed by atoms with Crippen molar-refractivity contribution in [2.75, 3.05) is 24.5 Å². The molecule has 8 nitrogen and oxygen atoms in total. The van der Waals surface area contributed by atoms with Gasteiger partial charge in [-0.05, 0) is 25.8 Å². The summed E-state index contributed by atoms with van der Waals surface area (Å²) in [7, 11) is 0. The van der Waals surface area contributed by atoms with Crippen LogP contribution in [0, 0.1) is 0 Å². The van der Waals surface area contributed by atoms with E-state index < -0.39 is 6.09 Å². The van der Waals surface area contributed by atoms with Gasteiger partial charge >= 0.3 is 12.1 Å². The van der Waals surface area contributed by atoms with Crippen LogP contribution in [-0.2, 0) is 19.5 Å². The standard InChI is InChI=1S/C21H27N5O3/c1-14-11-26(21(28)29)15(2)10-25(14)19-17-8-9-24(12-16-6-4-3-5-7-16)13-18(17)22-20(27)23-19/h3-7,14-15H,8-13H2,1-2H3,(H,28,29)(H,22,23,27)/t14-,15+/m0/s1. The van der Waals surface area contributed by atoms with E-state index in [1.807, 2.05) is 32.0 Å². The van der Waals surface area contributed by atoms with Crippen molar-refractivity contribution in [3.05, 3.63) is 47.2 Å². The van der Waals surface area contributed by atoms with Crippen LogP contribution in [0.4, 0.5) is 10.6 Å². The number of anilines is 1. The minimum atomic E-state index is -0.895. The highest BCUT2D eigenvalue weighted by atomic mass is 16.4. The first-order valence-electron chi connectivity index (χ1n) is 10.0. The second-order valence-electron chi connectivity index (χ2n) is 8.00. The minimum absolute atomic E-state index is 0.0250. The van der Waals surface area contributed by atoms with Crippen LogP contribution in [0.25, 0.3) is 0 Å². The molecule has 2 aliphatic heterocycles. The van der Waals surface area contributed by atoms with Gasteiger partial charge in [0.05, 0.1) is 5.69 Å². The van der Waals surface area contributed by atoms with Crippen LogP contribution in [0.15, 0.2) is 30.3 Å². The van der Waals surface area contributed by atoms with Gasteiger partial charge in [-0.2, -0.15) is 9.97 Å². The molecular formula is C21H27N5O3. The fraction of sp³-hybridized carbons (Fsp3) is 0.476. The van der Waals surface area contributed by atoms with Gasteiger partial charge in [0.15, 0.2) is 0 Å². The second-order valence-corrected chi connectivity index (χ2v) is 8.00. The van der Waals surface area contributed by atoms with E-state index in [1.165, 1.54) is 10.5 Å². The average molecular weight is 397 g/mol. The van der Waals surface area contributed by atoms with Crippen LogP contribution < -0.4 is 4.90 Å². The van der Waals surface area contributed by atoms with Crippen LogP contribution in [0.1, 0.15) is 30.7 Å². The number of piperazine rings is 1. The molecule has 1 aromatic carbocycles. The van der Waals surface area contributed by atoms with E-state index >= 15 is 0 Å². The zero-order valence-electron chi connectivity index (χ0n) is 16.8. The van der Waals surface area contributed by atoms with E-state index in [-0.39, 0.29) is 18.1 Å². The molecule has 0 radical (unpaired) electrons. The van der Waals surface area contributed by atoms with Gasteiger partial charge in [0.25, 0.3) is 0 Å². The first kappa shape index (κ1) is 19.4. The number of rotatable bonds is 3. The van der Waals surface area contributed by atoms with E-state index in [1.54, 1.807) is 0 Å². The molecule has 1 aromatic heterocycles. The number of nitrogens with zero attached hydrogens (tertiary/aromatic N) is 5. The number of hydrogen-bond donors (Lipinski definition) is 2. The molecule has 1 saturated heterocycles. The van der Waals surface area contributed by atoms with Crippen molar-refractivity contribution in [2.24, 2.45) is 0 Å². The molecule has 1 fully saturated rings. The number of aromatic hydroxyl groups is 1. The summed E-state index contributed by atoms with van der Waals surface area (Å²) in [5, 5.41) is 19.6. The van der Waals surface area contributed by atoms with Crippen LogP contribution in [0.5, 0.6) is 6.01 Å². The molecule has 8 heteroatoms. The molecule has 0 aliphatic carbocycles. The van der Waals surface area contributed by atoms with Crippen LogP contribution in [0.3, 0.4) is 0 Å². The van der Waals surface area contributed by atoms with Gasteiger partial charge in [0.2, 0.25) is 0 Å². The fourth-order valence-electron chi connectivity index (χ4n) is 4.35. The predicted molar refractivity (Wildman–Crippen MR) is 109 cm³/mol. The molecule has 2 N–H and O–H groups in total. The first-order chi connectivity index (χ1) is 13.9. The highest BCUT2D eigenvalue weighted by molar-refractivity contribution is 5.66. The summed E-state index contributed by atoms with van der Waals surface area (Å²) >= 11 is 0. The molecule has 2 aliphatic rings. The molecule has 0 saturated carbocycles. The molecule has 29 heavy (non-hydrogen) atoms. The van der Waals surface area contributed by atoms with Crippen LogP contribution >= 0.6 is 0 Å². The molecule has 154 valence electrons. The topological polar surface area (TPSA) is 93.0 Å². The summed E-state index contributed by atoms with van der Waals surface area (Å²) in [5.41, 5.74) is 3.17. The van der Waals surface area contributed by atoms with E-state index in [0.717, 1.165) is 36.6 Å². The van der Waals surface area contributed by atoms with E-state index in [4.69, 9.17) is 0 Å². The Balaban J connectivity index is 1.57. The van der Waals surface area contributed by atoms with Crippen molar-refractivity contribution < 1.29 is 15.0 Å². The minimum Gasteiger partial charge on any atom is -0.479 e. The fourth-order valence-corrected chi connectivity index (χ4v) is 4.35. The Morgan fingerprint density at radius 2 is 1.90 bits per heavy atom. The van der Waals surface area contributed by atoms with Crippen LogP contribution in [0.2, 0.25) is 0 Å². The second kappa shape index (κ2) is 7.87. The molecule has 0 bridgehead atoms. The van der Waals surface area contributed by atoms with Gasteiger partial charge in [0, 0.05) is 50.4 Å². The number of aromatic nitrogens is 2. The lowest BCUT2D eigenvalue weighted by Gasteiger charge is -2.44. The number of benzene rings is 1. The maximum absolute atomic E-state index is 11.5. The Kier molecular flexibility index (Phi) is 5.27. The summed E-state index contributed by atoms with van der Waals surface area (Å²) in [6, 6.07) is 9.93. The van der Waals surface area contributed by atoms with Crippen molar-refractivity contribution in [2.45, 2.75) is 45.4 Å². The summed E-state index contributed by atoms with van der Waals surface area (Å²) in [6.45, 7) is 7.25. The predicted octanol–water partition coefficient (Wildman–Crippen LogP) is 2.32. The normalized spacial score (nSPS) is 22.4. The van der Waals surface area contributed by atoms with E-state index in [2.05, 4.69) is 31.9 Å². The number of amides is 1. The molecule has 2 aromatic rings. The molecule has 0 unspecified atom stereocenters. The Bertz CT molecular complexity index is 891. The Morgan fingerprint density at radius 3 is 2.62 bits per heavy atom. The molecule has 4 rings (SSSR count). The van der Waals surface area contributed by atoms with Gasteiger partial charge in [0.1, 0.15) is 5.82 Å². The SMILES string of the molecule is C[C@@H]1CN(c2nc(O)nc3c2CCN(Cc2ccccc2)C3)[C@@H](C)CN1C(=O)O. The lowest BCUT2D eigenvalue weighted by Crippen LogP contribution is -2.58. The lowest BCUT2D eigenvalue weighted by molar-refractivity contribution is 0.114. The third-order valence-electron chi connectivity index (χ3n) is 5.86. The quantitative estimate of drug-likeness (QED) is 0.821. The van der Waals surface area contributed by atoms with Gasteiger partial charge in [-0.25, -0.2) is 4.79 Å². The number of carbonyl (C=O) groups is 1. The van der Waals surface area contributed by atoms with Crippen molar-refractivity contribution >= 4 is 11.9 Å². The smallest absolute Gasteiger partial charge is 0.407 e. The van der Waals surface area contributed by atoms with Crippen molar-refractivity contribution in [1.82, 2.24) is 19.8 Å². The van der Waals surface area contributed by atoms with Gasteiger partial charge < -0.3 is 20.0 Å². The number of fused-ring (bicyclic) bond motifs is 1. The summed E-state index contributed by atoms with van der Waals surface area (Å²) in [6.07, 6.45) is -0.0917. The van der Waals surface area contributed by atoms with Gasteiger partial charge in [-0.1, -0.05) is 30.3 Å². The Morgan fingerprint density at radius 1 is 1.14 bits per heavy atom. The lowest BCUT2D eigenvalue weighted by atomic mass is 10.0. The maximum Gasteiger partial charge on any atom is 0.407 e. The molecular weight excluding hydrogens is 370 g/mol. The Hall–Kier alpha value is -2.87. The van der Waals surface area contributed by atoms with E-state index in [0.29, 0.717) is 19.6 Å². The van der Waals surface area contributed by atoms with E-state index in [9.17, 15) is 15.0 Å². The summed E-state index contributed by atoms with van der Waals surface area (Å²) in [5.74, 6) is 0.747. The van der Waals surface area contributed by atoms with Crippen LogP contribution in [-0.4, -0.2) is 67.8 Å². The molecule has 2 atom stereocenters. The summed E-state index contributed by atoms with van der Waals surface area (Å²) < 4.78 is 0. The zero-order valence-corrected chi connectivity index (χ0v) is 16.8. The maximum atomic E-state index is 11.5. The third kappa shape index (κ3) is 3.98.